The van der Waals surface area contributed by atoms with Crippen molar-refractivity contribution in [1.82, 2.24) is 15.3 Å². The molecule has 0 aromatic carbocycles. The molecular formula is C12H12ClN3S. The Morgan fingerprint density at radius 2 is 2.29 bits per heavy atom. The Labute approximate surface area is 109 Å². The van der Waals surface area contributed by atoms with Crippen molar-refractivity contribution in [3.05, 3.63) is 34.6 Å². The maximum absolute atomic E-state index is 5.94. The molecular weight excluding hydrogens is 254 g/mol. The van der Waals surface area contributed by atoms with Crippen molar-refractivity contribution in [3.63, 3.8) is 0 Å². The molecule has 0 saturated carbocycles. The molecule has 0 amide bonds. The lowest BCUT2D eigenvalue weighted by atomic mass is 10.1. The third-order valence-electron chi connectivity index (χ3n) is 2.93. The molecule has 0 radical (unpaired) electrons. The highest BCUT2D eigenvalue weighted by Gasteiger charge is 2.19. The zero-order chi connectivity index (χ0) is 11.7. The van der Waals surface area contributed by atoms with E-state index in [1.807, 2.05) is 24.4 Å². The fourth-order valence-corrected chi connectivity index (χ4v) is 3.05. The number of thiophene rings is 1. The van der Waals surface area contributed by atoms with Gasteiger partial charge in [-0.15, -0.1) is 11.3 Å². The van der Waals surface area contributed by atoms with Crippen LogP contribution in [0, 0.1) is 0 Å². The van der Waals surface area contributed by atoms with Crippen molar-refractivity contribution in [3.8, 4) is 10.6 Å². The van der Waals surface area contributed by atoms with Crippen molar-refractivity contribution in [2.75, 3.05) is 13.1 Å². The molecule has 0 aliphatic carbocycles. The third-order valence-corrected chi connectivity index (χ3v) is 4.18. The van der Waals surface area contributed by atoms with Gasteiger partial charge in [0.25, 0.3) is 0 Å². The van der Waals surface area contributed by atoms with E-state index in [0.29, 0.717) is 5.92 Å². The van der Waals surface area contributed by atoms with Crippen LogP contribution in [0.5, 0.6) is 0 Å². The van der Waals surface area contributed by atoms with Crippen LogP contribution in [0.3, 0.4) is 0 Å². The minimum absolute atomic E-state index is 0.449. The number of aromatic nitrogens is 2. The topological polar surface area (TPSA) is 37.8 Å². The van der Waals surface area contributed by atoms with Crippen LogP contribution in [-0.2, 0) is 0 Å². The SMILES string of the molecule is Clc1ccc(-c2ccnc(C3CCNC3)n2)s1. The van der Waals surface area contributed by atoms with Gasteiger partial charge in [0.05, 0.1) is 14.9 Å². The van der Waals surface area contributed by atoms with Gasteiger partial charge in [-0.1, -0.05) is 11.6 Å². The van der Waals surface area contributed by atoms with E-state index in [0.717, 1.165) is 40.2 Å². The molecule has 1 saturated heterocycles. The second-order valence-electron chi connectivity index (χ2n) is 4.09. The normalized spacial score (nSPS) is 19.7. The number of hydrogen-bond acceptors (Lipinski definition) is 4. The van der Waals surface area contributed by atoms with E-state index < -0.39 is 0 Å². The van der Waals surface area contributed by atoms with Gasteiger partial charge in [0.15, 0.2) is 0 Å². The van der Waals surface area contributed by atoms with Gasteiger partial charge in [-0.05, 0) is 31.2 Å². The van der Waals surface area contributed by atoms with Crippen molar-refractivity contribution in [1.29, 1.82) is 0 Å². The highest BCUT2D eigenvalue weighted by Crippen LogP contribution is 2.30. The minimum Gasteiger partial charge on any atom is -0.316 e. The lowest BCUT2D eigenvalue weighted by molar-refractivity contribution is 0.703. The molecule has 1 atom stereocenters. The van der Waals surface area contributed by atoms with Crippen LogP contribution >= 0.6 is 22.9 Å². The van der Waals surface area contributed by atoms with Crippen LogP contribution < -0.4 is 5.32 Å². The summed E-state index contributed by atoms with van der Waals surface area (Å²) in [6.45, 7) is 2.04. The molecule has 1 unspecified atom stereocenters. The monoisotopic (exact) mass is 265 g/mol. The predicted octanol–water partition coefficient (Wildman–Crippen LogP) is 2.94. The molecule has 3 rings (SSSR count). The van der Waals surface area contributed by atoms with E-state index >= 15 is 0 Å². The Morgan fingerprint density at radius 1 is 1.35 bits per heavy atom. The maximum Gasteiger partial charge on any atom is 0.133 e. The second-order valence-corrected chi connectivity index (χ2v) is 5.81. The Kier molecular flexibility index (Phi) is 3.09. The van der Waals surface area contributed by atoms with Gasteiger partial charge >= 0.3 is 0 Å². The van der Waals surface area contributed by atoms with Gasteiger partial charge in [0.1, 0.15) is 5.82 Å². The van der Waals surface area contributed by atoms with Crippen LogP contribution in [0.25, 0.3) is 10.6 Å². The minimum atomic E-state index is 0.449. The lowest BCUT2D eigenvalue weighted by Crippen LogP contribution is -2.10. The summed E-state index contributed by atoms with van der Waals surface area (Å²) in [4.78, 5) is 10.1. The molecule has 1 aliphatic heterocycles. The summed E-state index contributed by atoms with van der Waals surface area (Å²) in [7, 11) is 0. The Hall–Kier alpha value is -0.970. The number of halogens is 1. The molecule has 2 aromatic heterocycles. The van der Waals surface area contributed by atoms with Gasteiger partial charge in [0.2, 0.25) is 0 Å². The molecule has 5 heteroatoms. The fourth-order valence-electron chi connectivity index (χ4n) is 2.03. The van der Waals surface area contributed by atoms with Gasteiger partial charge < -0.3 is 5.32 Å². The molecule has 2 aromatic rings. The first-order valence-electron chi connectivity index (χ1n) is 5.62. The second kappa shape index (κ2) is 4.72. The number of rotatable bonds is 2. The molecule has 88 valence electrons. The first kappa shape index (κ1) is 11.1. The molecule has 0 bridgehead atoms. The van der Waals surface area contributed by atoms with Crippen molar-refractivity contribution < 1.29 is 0 Å². The zero-order valence-corrected chi connectivity index (χ0v) is 10.8. The van der Waals surface area contributed by atoms with E-state index in [9.17, 15) is 0 Å². The van der Waals surface area contributed by atoms with E-state index in [-0.39, 0.29) is 0 Å². The van der Waals surface area contributed by atoms with Gasteiger partial charge in [0, 0.05) is 18.7 Å². The summed E-state index contributed by atoms with van der Waals surface area (Å²) >= 11 is 7.49. The summed E-state index contributed by atoms with van der Waals surface area (Å²) in [5.41, 5.74) is 0.971. The van der Waals surface area contributed by atoms with Crippen LogP contribution in [0.2, 0.25) is 4.34 Å². The molecule has 3 heterocycles. The highest BCUT2D eigenvalue weighted by molar-refractivity contribution is 7.19. The summed E-state index contributed by atoms with van der Waals surface area (Å²) in [5.74, 6) is 1.39. The molecule has 17 heavy (non-hydrogen) atoms. The zero-order valence-electron chi connectivity index (χ0n) is 9.19. The molecule has 0 spiro atoms. The smallest absolute Gasteiger partial charge is 0.133 e. The quantitative estimate of drug-likeness (QED) is 0.907. The number of nitrogens with one attached hydrogen (secondary N) is 1. The number of nitrogens with zero attached hydrogens (tertiary/aromatic N) is 2. The first-order chi connectivity index (χ1) is 8.33. The van der Waals surface area contributed by atoms with Crippen molar-refractivity contribution in [2.24, 2.45) is 0 Å². The van der Waals surface area contributed by atoms with E-state index in [2.05, 4.69) is 15.3 Å². The van der Waals surface area contributed by atoms with E-state index in [4.69, 9.17) is 11.6 Å². The summed E-state index contributed by atoms with van der Waals surface area (Å²) in [6, 6.07) is 5.85. The average molecular weight is 266 g/mol. The molecule has 1 aliphatic rings. The predicted molar refractivity (Wildman–Crippen MR) is 70.6 cm³/mol. The number of hydrogen-bond donors (Lipinski definition) is 1. The van der Waals surface area contributed by atoms with Gasteiger partial charge in [-0.25, -0.2) is 9.97 Å². The standard InChI is InChI=1S/C12H12ClN3S/c13-11-2-1-10(17-11)9-4-6-15-12(16-9)8-3-5-14-7-8/h1-2,4,6,8,14H,3,5,7H2. The van der Waals surface area contributed by atoms with Crippen LogP contribution in [0.1, 0.15) is 18.2 Å². The summed E-state index contributed by atoms with van der Waals surface area (Å²) in [6.07, 6.45) is 2.96. The Morgan fingerprint density at radius 3 is 3.00 bits per heavy atom. The first-order valence-corrected chi connectivity index (χ1v) is 6.82. The third kappa shape index (κ3) is 2.34. The van der Waals surface area contributed by atoms with Crippen LogP contribution in [0.15, 0.2) is 24.4 Å². The van der Waals surface area contributed by atoms with Crippen LogP contribution in [-0.4, -0.2) is 23.1 Å². The Bertz CT molecular complexity index is 520. The van der Waals surface area contributed by atoms with E-state index in [1.54, 1.807) is 11.3 Å². The molecule has 1 N–H and O–H groups in total. The molecule has 3 nitrogen and oxygen atoms in total. The molecule has 1 fully saturated rings. The summed E-state index contributed by atoms with van der Waals surface area (Å²) in [5, 5.41) is 3.34. The maximum atomic E-state index is 5.94. The Balaban J connectivity index is 1.93. The highest BCUT2D eigenvalue weighted by atomic mass is 35.5. The van der Waals surface area contributed by atoms with E-state index in [1.165, 1.54) is 0 Å². The van der Waals surface area contributed by atoms with Gasteiger partial charge in [-0.2, -0.15) is 0 Å². The summed E-state index contributed by atoms with van der Waals surface area (Å²) < 4.78 is 0.794. The fraction of sp³-hybridized carbons (Fsp3) is 0.333. The average Bonchev–Trinajstić information content (AvgIpc) is 3.00. The van der Waals surface area contributed by atoms with Gasteiger partial charge in [-0.3, -0.25) is 0 Å². The van der Waals surface area contributed by atoms with Crippen molar-refractivity contribution in [2.45, 2.75) is 12.3 Å². The van der Waals surface area contributed by atoms with Crippen LogP contribution in [0.4, 0.5) is 0 Å². The lowest BCUT2D eigenvalue weighted by Gasteiger charge is -2.07. The van der Waals surface area contributed by atoms with Crippen molar-refractivity contribution >= 4 is 22.9 Å². The largest absolute Gasteiger partial charge is 0.316 e.